The van der Waals surface area contributed by atoms with Gasteiger partial charge in [0.05, 0.1) is 13.5 Å². The Kier molecular flexibility index (Phi) is 3.95. The first-order valence-corrected chi connectivity index (χ1v) is 4.67. The Labute approximate surface area is 87.2 Å². The predicted molar refractivity (Wildman–Crippen MR) is 52.4 cm³/mol. The van der Waals surface area contributed by atoms with Crippen molar-refractivity contribution in [3.8, 4) is 0 Å². The van der Waals surface area contributed by atoms with Crippen LogP contribution in [0.1, 0.15) is 12.8 Å². The molecule has 1 aliphatic rings. The van der Waals surface area contributed by atoms with Crippen LogP contribution in [-0.2, 0) is 9.53 Å². The van der Waals surface area contributed by atoms with E-state index in [1.54, 1.807) is 6.08 Å². The van der Waals surface area contributed by atoms with Gasteiger partial charge in [0, 0.05) is 5.92 Å². The molecule has 1 aliphatic carbocycles. The molecule has 0 aromatic heterocycles. The number of hydrogen-bond acceptors (Lipinski definition) is 4. The normalized spacial score (nSPS) is 26.6. The van der Waals surface area contributed by atoms with Crippen molar-refractivity contribution in [2.45, 2.75) is 12.8 Å². The number of allylic oxidation sites excluding steroid dienone is 1. The third-order valence-electron chi connectivity index (χ3n) is 2.14. The van der Waals surface area contributed by atoms with E-state index in [0.29, 0.717) is 5.92 Å². The molecule has 0 aromatic rings. The summed E-state index contributed by atoms with van der Waals surface area (Å²) < 4.78 is 4.47. The van der Waals surface area contributed by atoms with Crippen molar-refractivity contribution in [3.63, 3.8) is 0 Å². The van der Waals surface area contributed by atoms with Gasteiger partial charge in [-0.2, -0.15) is 0 Å². The summed E-state index contributed by atoms with van der Waals surface area (Å²) in [5.41, 5.74) is 0. The van der Waals surface area contributed by atoms with Gasteiger partial charge < -0.3 is 9.94 Å². The fourth-order valence-electron chi connectivity index (χ4n) is 1.20. The fourth-order valence-corrected chi connectivity index (χ4v) is 1.45. The Balaban J connectivity index is 2.25. The molecule has 1 fully saturated rings. The molecule has 0 spiro atoms. The molecule has 14 heavy (non-hydrogen) atoms. The first-order valence-electron chi connectivity index (χ1n) is 4.30. The van der Waals surface area contributed by atoms with Crippen molar-refractivity contribution in [1.29, 1.82) is 0 Å². The minimum absolute atomic E-state index is 0.121. The fraction of sp³-hybridized carbons (Fsp3) is 0.556. The average Bonchev–Trinajstić information content (AvgIpc) is 2.96. The SMILES string of the molecule is COC(=O)CC=CC1CC1/C(Cl)=N/O. The first-order chi connectivity index (χ1) is 6.69. The summed E-state index contributed by atoms with van der Waals surface area (Å²) in [4.78, 5) is 10.7. The van der Waals surface area contributed by atoms with Crippen LogP contribution in [0.2, 0.25) is 0 Å². The van der Waals surface area contributed by atoms with E-state index in [1.807, 2.05) is 6.08 Å². The largest absolute Gasteiger partial charge is 0.469 e. The zero-order chi connectivity index (χ0) is 10.6. The van der Waals surface area contributed by atoms with E-state index in [4.69, 9.17) is 16.8 Å². The van der Waals surface area contributed by atoms with Gasteiger partial charge in [0.1, 0.15) is 5.17 Å². The Hall–Kier alpha value is -1.03. The van der Waals surface area contributed by atoms with Gasteiger partial charge in [0.15, 0.2) is 0 Å². The maximum atomic E-state index is 10.7. The quantitative estimate of drug-likeness (QED) is 0.257. The van der Waals surface area contributed by atoms with E-state index in [-0.39, 0.29) is 23.5 Å². The van der Waals surface area contributed by atoms with E-state index in [1.165, 1.54) is 7.11 Å². The molecule has 1 rings (SSSR count). The molecule has 2 atom stereocenters. The molecular weight excluding hydrogens is 206 g/mol. The Morgan fingerprint density at radius 1 is 1.79 bits per heavy atom. The first kappa shape index (κ1) is 11.0. The van der Waals surface area contributed by atoms with Crippen molar-refractivity contribution >= 4 is 22.7 Å². The van der Waals surface area contributed by atoms with E-state index >= 15 is 0 Å². The van der Waals surface area contributed by atoms with E-state index in [9.17, 15) is 4.79 Å². The lowest BCUT2D eigenvalue weighted by atomic mass is 10.3. The number of carbonyl (C=O) groups excluding carboxylic acids is 1. The number of hydrogen-bond donors (Lipinski definition) is 1. The minimum atomic E-state index is -0.264. The number of carbonyl (C=O) groups is 1. The van der Waals surface area contributed by atoms with E-state index < -0.39 is 0 Å². The summed E-state index contributed by atoms with van der Waals surface area (Å²) in [5, 5.41) is 11.5. The summed E-state index contributed by atoms with van der Waals surface area (Å²) in [6, 6.07) is 0. The van der Waals surface area contributed by atoms with Crippen molar-refractivity contribution in [3.05, 3.63) is 12.2 Å². The molecule has 0 amide bonds. The summed E-state index contributed by atoms with van der Waals surface area (Å²) in [6.45, 7) is 0. The zero-order valence-corrected chi connectivity index (χ0v) is 8.57. The Morgan fingerprint density at radius 2 is 2.50 bits per heavy atom. The van der Waals surface area contributed by atoms with Crippen molar-refractivity contribution in [2.75, 3.05) is 7.11 Å². The monoisotopic (exact) mass is 217 g/mol. The van der Waals surface area contributed by atoms with E-state index in [2.05, 4.69) is 9.89 Å². The molecule has 1 N–H and O–H groups in total. The van der Waals surface area contributed by atoms with Crippen LogP contribution >= 0.6 is 11.6 Å². The summed E-state index contributed by atoms with van der Waals surface area (Å²) in [7, 11) is 1.35. The minimum Gasteiger partial charge on any atom is -0.469 e. The van der Waals surface area contributed by atoms with Crippen molar-refractivity contribution in [2.24, 2.45) is 17.0 Å². The Morgan fingerprint density at radius 3 is 3.07 bits per heavy atom. The lowest BCUT2D eigenvalue weighted by molar-refractivity contribution is -0.139. The summed E-state index contributed by atoms with van der Waals surface area (Å²) in [5.74, 6) is 0.152. The molecule has 78 valence electrons. The zero-order valence-electron chi connectivity index (χ0n) is 7.81. The standard InChI is InChI=1S/C9H12ClNO3/c1-14-8(12)4-2-3-6-5-7(6)9(10)11-13/h2-3,6-7,13H,4-5H2,1H3/b3-2?,11-9-. The number of ether oxygens (including phenoxy) is 1. The molecule has 5 heteroatoms. The van der Waals surface area contributed by atoms with Crippen LogP contribution in [0.3, 0.4) is 0 Å². The lowest BCUT2D eigenvalue weighted by Gasteiger charge is -1.92. The number of nitrogens with zero attached hydrogens (tertiary/aromatic N) is 1. The van der Waals surface area contributed by atoms with Crippen LogP contribution in [0, 0.1) is 11.8 Å². The number of halogens is 1. The molecule has 1 saturated carbocycles. The molecule has 0 radical (unpaired) electrons. The summed E-state index contributed by atoms with van der Waals surface area (Å²) in [6.07, 6.45) is 4.79. The highest BCUT2D eigenvalue weighted by Gasteiger charge is 2.38. The number of methoxy groups -OCH3 is 1. The highest BCUT2D eigenvalue weighted by molar-refractivity contribution is 6.66. The van der Waals surface area contributed by atoms with Crippen molar-refractivity contribution < 1.29 is 14.7 Å². The van der Waals surface area contributed by atoms with Gasteiger partial charge in [-0.3, -0.25) is 4.79 Å². The molecule has 4 nitrogen and oxygen atoms in total. The van der Waals surface area contributed by atoms with Crippen molar-refractivity contribution in [1.82, 2.24) is 0 Å². The second-order valence-electron chi connectivity index (χ2n) is 3.14. The highest BCUT2D eigenvalue weighted by Crippen LogP contribution is 2.41. The second-order valence-corrected chi connectivity index (χ2v) is 3.52. The van der Waals surface area contributed by atoms with Crippen LogP contribution in [0.5, 0.6) is 0 Å². The molecule has 0 aromatic carbocycles. The van der Waals surface area contributed by atoms with E-state index in [0.717, 1.165) is 6.42 Å². The van der Waals surface area contributed by atoms with Gasteiger partial charge >= 0.3 is 5.97 Å². The van der Waals surface area contributed by atoms with Gasteiger partial charge in [0.2, 0.25) is 0 Å². The van der Waals surface area contributed by atoms with Crippen LogP contribution < -0.4 is 0 Å². The van der Waals surface area contributed by atoms with Crippen LogP contribution in [0.15, 0.2) is 17.3 Å². The number of esters is 1. The second kappa shape index (κ2) is 5.00. The molecule has 2 unspecified atom stereocenters. The Bertz CT molecular complexity index is 275. The highest BCUT2D eigenvalue weighted by atomic mass is 35.5. The molecule has 0 bridgehead atoms. The van der Waals surface area contributed by atoms with Gasteiger partial charge in [-0.05, 0) is 12.3 Å². The number of oxime groups is 1. The van der Waals surface area contributed by atoms with Crippen LogP contribution in [0.25, 0.3) is 0 Å². The summed E-state index contributed by atoms with van der Waals surface area (Å²) >= 11 is 5.60. The molecule has 0 aliphatic heterocycles. The predicted octanol–water partition coefficient (Wildman–Crippen LogP) is 1.77. The molecular formula is C9H12ClNO3. The smallest absolute Gasteiger partial charge is 0.309 e. The topological polar surface area (TPSA) is 58.9 Å². The molecule has 0 heterocycles. The van der Waals surface area contributed by atoms with Gasteiger partial charge in [-0.1, -0.05) is 28.9 Å². The molecule has 0 saturated heterocycles. The maximum Gasteiger partial charge on any atom is 0.309 e. The van der Waals surface area contributed by atoms with Gasteiger partial charge in [-0.25, -0.2) is 0 Å². The lowest BCUT2D eigenvalue weighted by Crippen LogP contribution is -1.97. The average molecular weight is 218 g/mol. The van der Waals surface area contributed by atoms with Gasteiger partial charge in [-0.15, -0.1) is 0 Å². The third-order valence-corrected chi connectivity index (χ3v) is 2.49. The van der Waals surface area contributed by atoms with Crippen LogP contribution in [0.4, 0.5) is 0 Å². The van der Waals surface area contributed by atoms with Gasteiger partial charge in [0.25, 0.3) is 0 Å². The van der Waals surface area contributed by atoms with Crippen LogP contribution in [-0.4, -0.2) is 23.5 Å². The number of rotatable bonds is 4. The maximum absolute atomic E-state index is 10.7. The third kappa shape index (κ3) is 3.03.